The molecule has 0 unspecified atom stereocenters. The van der Waals surface area contributed by atoms with E-state index < -0.39 is 11.8 Å². The molecule has 2 N–H and O–H groups in total. The number of hydrogen-bond donors (Lipinski definition) is 2. The highest BCUT2D eigenvalue weighted by molar-refractivity contribution is 6.55. The maximum Gasteiger partial charge on any atom is 0.291 e. The SMILES string of the molecule is CCn1ncc(NC(=O)c2ccc(COc3c(Cl)c(Cl)c(Cl)c(Cl)c3Cl)o2)c1C(=O)Nc1cnn(C)c1C. The zero-order valence-electron chi connectivity index (χ0n) is 20.0. The lowest BCUT2D eigenvalue weighted by Gasteiger charge is -2.12. The van der Waals surface area contributed by atoms with E-state index in [4.69, 9.17) is 67.2 Å². The number of aromatic nitrogens is 4. The highest BCUT2D eigenvalue weighted by Gasteiger charge is 2.24. The summed E-state index contributed by atoms with van der Waals surface area (Å²) in [6.45, 7) is 3.89. The molecular weight excluding hydrogens is 602 g/mol. The summed E-state index contributed by atoms with van der Waals surface area (Å²) in [5.41, 5.74) is 1.68. The lowest BCUT2D eigenvalue weighted by Crippen LogP contribution is -2.21. The van der Waals surface area contributed by atoms with Crippen LogP contribution in [0.1, 0.15) is 39.4 Å². The molecule has 2 amide bonds. The fourth-order valence-electron chi connectivity index (χ4n) is 3.38. The summed E-state index contributed by atoms with van der Waals surface area (Å²) in [5, 5.41) is 13.7. The fourth-order valence-corrected chi connectivity index (χ4v) is 4.61. The molecule has 4 aromatic rings. The van der Waals surface area contributed by atoms with E-state index in [-0.39, 0.29) is 60.4 Å². The Balaban J connectivity index is 1.48. The molecule has 0 aliphatic carbocycles. The minimum absolute atomic E-state index is 0.00246. The number of hydrogen-bond acceptors (Lipinski definition) is 6. The molecule has 200 valence electrons. The number of ether oxygens (including phenoxy) is 1. The van der Waals surface area contributed by atoms with Crippen LogP contribution in [0, 0.1) is 6.92 Å². The van der Waals surface area contributed by atoms with Crippen LogP contribution in [0.5, 0.6) is 5.75 Å². The van der Waals surface area contributed by atoms with E-state index in [9.17, 15) is 9.59 Å². The summed E-state index contributed by atoms with van der Waals surface area (Å²) >= 11 is 30.5. The summed E-state index contributed by atoms with van der Waals surface area (Å²) in [6, 6.07) is 2.98. The molecular formula is C23H19Cl5N6O4. The van der Waals surface area contributed by atoms with Crippen molar-refractivity contribution in [2.45, 2.75) is 27.0 Å². The third-order valence-corrected chi connectivity index (χ3v) is 7.74. The summed E-state index contributed by atoms with van der Waals surface area (Å²) < 4.78 is 14.3. The van der Waals surface area contributed by atoms with Gasteiger partial charge < -0.3 is 19.8 Å². The van der Waals surface area contributed by atoms with Gasteiger partial charge in [0.15, 0.2) is 11.5 Å². The van der Waals surface area contributed by atoms with E-state index in [2.05, 4.69) is 20.8 Å². The van der Waals surface area contributed by atoms with E-state index in [0.29, 0.717) is 12.2 Å². The minimum Gasteiger partial charge on any atom is -0.482 e. The van der Waals surface area contributed by atoms with Crippen LogP contribution >= 0.6 is 58.0 Å². The molecule has 0 fully saturated rings. The molecule has 3 heterocycles. The second kappa shape index (κ2) is 11.5. The van der Waals surface area contributed by atoms with Gasteiger partial charge in [-0.1, -0.05) is 58.0 Å². The summed E-state index contributed by atoms with van der Waals surface area (Å²) in [4.78, 5) is 26.0. The smallest absolute Gasteiger partial charge is 0.291 e. The number of anilines is 2. The standard InChI is InChI=1S/C23H19Cl5N6O4/c1-4-34-20(23(36)31-12-7-29-33(3)10(12)2)13(8-30-34)32-22(35)14-6-5-11(38-14)9-37-21-18(27)16(25)15(24)17(26)19(21)28/h5-8H,4,9H2,1-3H3,(H,31,36)(H,32,35). The fraction of sp³-hybridized carbons (Fsp3) is 0.217. The van der Waals surface area contributed by atoms with Gasteiger partial charge in [-0.15, -0.1) is 0 Å². The molecule has 4 rings (SSSR count). The Morgan fingerprint density at radius 2 is 1.53 bits per heavy atom. The molecule has 0 saturated carbocycles. The Morgan fingerprint density at radius 3 is 2.13 bits per heavy atom. The topological polar surface area (TPSA) is 116 Å². The van der Waals surface area contributed by atoms with Crippen LogP contribution in [0.15, 0.2) is 28.9 Å². The van der Waals surface area contributed by atoms with Crippen molar-refractivity contribution in [1.82, 2.24) is 19.6 Å². The third kappa shape index (κ3) is 5.45. The van der Waals surface area contributed by atoms with Crippen molar-refractivity contribution in [3.63, 3.8) is 0 Å². The first-order valence-corrected chi connectivity index (χ1v) is 12.8. The summed E-state index contributed by atoms with van der Waals surface area (Å²) in [7, 11) is 1.76. The van der Waals surface area contributed by atoms with E-state index in [1.165, 1.54) is 29.2 Å². The van der Waals surface area contributed by atoms with Crippen LogP contribution in [0.25, 0.3) is 0 Å². The van der Waals surface area contributed by atoms with Crippen LogP contribution in [-0.2, 0) is 20.2 Å². The average molecular weight is 621 g/mol. The Kier molecular flexibility index (Phi) is 8.49. The first-order valence-electron chi connectivity index (χ1n) is 10.9. The largest absolute Gasteiger partial charge is 0.482 e. The molecule has 10 nitrogen and oxygen atoms in total. The van der Waals surface area contributed by atoms with Crippen molar-refractivity contribution in [2.24, 2.45) is 7.05 Å². The molecule has 0 aliphatic rings. The van der Waals surface area contributed by atoms with Gasteiger partial charge in [0.05, 0.1) is 44.5 Å². The number of furan rings is 1. The normalized spacial score (nSPS) is 11.1. The highest BCUT2D eigenvalue weighted by atomic mass is 35.5. The van der Waals surface area contributed by atoms with E-state index in [0.717, 1.165) is 5.69 Å². The average Bonchev–Trinajstić information content (AvgIpc) is 3.62. The number of nitrogens with zero attached hydrogens (tertiary/aromatic N) is 4. The van der Waals surface area contributed by atoms with E-state index in [1.54, 1.807) is 11.7 Å². The number of benzene rings is 1. The number of amides is 2. The number of nitrogens with one attached hydrogen (secondary N) is 2. The maximum atomic E-state index is 13.1. The number of rotatable bonds is 8. The van der Waals surface area contributed by atoms with Crippen molar-refractivity contribution in [3.8, 4) is 5.75 Å². The number of aryl methyl sites for hydroxylation is 2. The van der Waals surface area contributed by atoms with Crippen LogP contribution in [-0.4, -0.2) is 31.4 Å². The van der Waals surface area contributed by atoms with Gasteiger partial charge >= 0.3 is 0 Å². The second-order valence-corrected chi connectivity index (χ2v) is 9.74. The molecule has 38 heavy (non-hydrogen) atoms. The number of carbonyl (C=O) groups is 2. The van der Waals surface area contributed by atoms with E-state index in [1.807, 2.05) is 13.8 Å². The number of halogens is 5. The van der Waals surface area contributed by atoms with Crippen molar-refractivity contribution in [3.05, 3.63) is 72.5 Å². The van der Waals surface area contributed by atoms with Gasteiger partial charge in [-0.3, -0.25) is 19.0 Å². The molecule has 15 heteroatoms. The van der Waals surface area contributed by atoms with Crippen LogP contribution in [0.3, 0.4) is 0 Å². The molecule has 0 bridgehead atoms. The maximum absolute atomic E-state index is 13.1. The van der Waals surface area contributed by atoms with Gasteiger partial charge in [0, 0.05) is 13.6 Å². The predicted octanol–water partition coefficient (Wildman–Crippen LogP) is 6.89. The zero-order valence-corrected chi connectivity index (χ0v) is 23.8. The monoisotopic (exact) mass is 618 g/mol. The molecule has 0 radical (unpaired) electrons. The van der Waals surface area contributed by atoms with Crippen molar-refractivity contribution >= 4 is 81.2 Å². The number of carbonyl (C=O) groups excluding carboxylic acids is 2. The first-order chi connectivity index (χ1) is 18.0. The summed E-state index contributed by atoms with van der Waals surface area (Å²) in [6.07, 6.45) is 2.92. The van der Waals surface area contributed by atoms with Gasteiger partial charge in [-0.2, -0.15) is 10.2 Å². The van der Waals surface area contributed by atoms with Crippen LogP contribution in [0.4, 0.5) is 11.4 Å². The van der Waals surface area contributed by atoms with Crippen molar-refractivity contribution in [1.29, 1.82) is 0 Å². The Bertz CT molecular complexity index is 1510. The minimum atomic E-state index is -0.604. The Hall–Kier alpha value is -2.89. The molecule has 0 spiro atoms. The first kappa shape index (κ1) is 28.1. The highest BCUT2D eigenvalue weighted by Crippen LogP contribution is 2.48. The quantitative estimate of drug-likeness (QED) is 0.164. The van der Waals surface area contributed by atoms with Gasteiger partial charge in [0.2, 0.25) is 0 Å². The lowest BCUT2D eigenvalue weighted by molar-refractivity contribution is 0.0992. The van der Waals surface area contributed by atoms with Gasteiger partial charge in [0.25, 0.3) is 11.8 Å². The molecule has 3 aromatic heterocycles. The third-order valence-electron chi connectivity index (χ3n) is 5.50. The van der Waals surface area contributed by atoms with Gasteiger partial charge in [-0.05, 0) is 26.0 Å². The Labute approximate surface area is 241 Å². The van der Waals surface area contributed by atoms with Gasteiger partial charge in [-0.25, -0.2) is 0 Å². The van der Waals surface area contributed by atoms with Gasteiger partial charge in [0.1, 0.15) is 28.1 Å². The summed E-state index contributed by atoms with van der Waals surface area (Å²) in [5.74, 6) is -0.808. The van der Waals surface area contributed by atoms with Crippen molar-refractivity contribution in [2.75, 3.05) is 10.6 Å². The zero-order chi connectivity index (χ0) is 27.7. The Morgan fingerprint density at radius 1 is 0.921 bits per heavy atom. The van der Waals surface area contributed by atoms with Crippen molar-refractivity contribution < 1.29 is 18.7 Å². The van der Waals surface area contributed by atoms with Crippen LogP contribution in [0.2, 0.25) is 25.1 Å². The molecule has 1 aromatic carbocycles. The second-order valence-electron chi connectivity index (χ2n) is 7.85. The molecule has 0 saturated heterocycles. The predicted molar refractivity (Wildman–Crippen MR) is 146 cm³/mol. The molecule has 0 atom stereocenters. The lowest BCUT2D eigenvalue weighted by atomic mass is 10.3. The molecule has 0 aliphatic heterocycles. The van der Waals surface area contributed by atoms with E-state index >= 15 is 0 Å². The van der Waals surface area contributed by atoms with Crippen LogP contribution < -0.4 is 15.4 Å².